The summed E-state index contributed by atoms with van der Waals surface area (Å²) in [6.07, 6.45) is 0.507. The molecule has 4 nitrogen and oxygen atoms in total. The third-order valence-corrected chi connectivity index (χ3v) is 4.47. The van der Waals surface area contributed by atoms with E-state index in [-0.39, 0.29) is 6.04 Å². The minimum Gasteiger partial charge on any atom is -0.383 e. The highest BCUT2D eigenvalue weighted by molar-refractivity contribution is 9.10. The number of hydrogen-bond acceptors (Lipinski definition) is 5. The monoisotopic (exact) mass is 331 g/mol. The van der Waals surface area contributed by atoms with Crippen LogP contribution in [0.25, 0.3) is 0 Å². The fraction of sp³-hybridized carbons (Fsp3) is 0.583. The highest BCUT2D eigenvalue weighted by Crippen LogP contribution is 2.29. The summed E-state index contributed by atoms with van der Waals surface area (Å²) in [5, 5.41) is 10.8. The Bertz CT molecular complexity index is 391. The molecular formula is C12H18BrN3OS. The molecule has 0 aliphatic heterocycles. The lowest BCUT2D eigenvalue weighted by Gasteiger charge is -2.29. The molecule has 6 heteroatoms. The molecule has 0 fully saturated rings. The molecule has 100 valence electrons. The summed E-state index contributed by atoms with van der Waals surface area (Å²) in [5.74, 6) is 0. The summed E-state index contributed by atoms with van der Waals surface area (Å²) in [7, 11) is 1.68. The maximum atomic E-state index is 8.73. The minimum absolute atomic E-state index is 0.157. The molecule has 0 saturated carbocycles. The van der Waals surface area contributed by atoms with Gasteiger partial charge in [-0.2, -0.15) is 5.26 Å². The summed E-state index contributed by atoms with van der Waals surface area (Å²) in [6.45, 7) is 2.70. The lowest BCUT2D eigenvalue weighted by Crippen LogP contribution is -2.36. The fourth-order valence-electron chi connectivity index (χ4n) is 1.77. The van der Waals surface area contributed by atoms with Crippen molar-refractivity contribution in [2.24, 2.45) is 5.73 Å². The molecule has 0 spiro atoms. The smallest absolute Gasteiger partial charge is 0.0635 e. The van der Waals surface area contributed by atoms with Crippen molar-refractivity contribution in [3.8, 4) is 6.07 Å². The van der Waals surface area contributed by atoms with E-state index in [1.54, 1.807) is 18.4 Å². The molecule has 1 aromatic rings. The third kappa shape index (κ3) is 4.67. The van der Waals surface area contributed by atoms with E-state index in [0.29, 0.717) is 19.6 Å². The van der Waals surface area contributed by atoms with Gasteiger partial charge in [-0.05, 0) is 22.0 Å². The molecule has 0 radical (unpaired) electrons. The van der Waals surface area contributed by atoms with Crippen LogP contribution in [-0.4, -0.2) is 38.3 Å². The van der Waals surface area contributed by atoms with Crippen LogP contribution in [0.3, 0.4) is 0 Å². The topological polar surface area (TPSA) is 62.3 Å². The van der Waals surface area contributed by atoms with Gasteiger partial charge in [0.15, 0.2) is 0 Å². The van der Waals surface area contributed by atoms with E-state index in [0.717, 1.165) is 17.6 Å². The van der Waals surface area contributed by atoms with Gasteiger partial charge in [0.2, 0.25) is 0 Å². The molecule has 1 atom stereocenters. The maximum absolute atomic E-state index is 8.73. The van der Waals surface area contributed by atoms with Gasteiger partial charge in [0.1, 0.15) is 0 Å². The zero-order chi connectivity index (χ0) is 13.4. The Hall–Kier alpha value is -0.450. The zero-order valence-electron chi connectivity index (χ0n) is 10.4. The second-order valence-electron chi connectivity index (χ2n) is 3.86. The Balaban J connectivity index is 2.75. The van der Waals surface area contributed by atoms with Crippen molar-refractivity contribution in [2.75, 3.05) is 33.4 Å². The molecule has 0 aromatic carbocycles. The second-order valence-corrected chi connectivity index (χ2v) is 5.71. The lowest BCUT2D eigenvalue weighted by molar-refractivity contribution is 0.124. The number of thiophene rings is 1. The quantitative estimate of drug-likeness (QED) is 0.794. The molecule has 1 heterocycles. The van der Waals surface area contributed by atoms with Crippen LogP contribution in [0.15, 0.2) is 15.9 Å². The molecule has 0 amide bonds. The molecule has 0 saturated heterocycles. The standard InChI is InChI=1S/C12H18BrN3OS/c1-17-6-5-16(4-2-3-14)11(8-15)12-7-10(13)9-18-12/h7,9,11H,2,4-6,8,15H2,1H3. The number of nitriles is 1. The molecular weight excluding hydrogens is 314 g/mol. The molecule has 2 N–H and O–H groups in total. The van der Waals surface area contributed by atoms with Crippen molar-refractivity contribution >= 4 is 27.3 Å². The van der Waals surface area contributed by atoms with Crippen LogP contribution < -0.4 is 5.73 Å². The van der Waals surface area contributed by atoms with Crippen LogP contribution >= 0.6 is 27.3 Å². The molecule has 1 unspecified atom stereocenters. The predicted octanol–water partition coefficient (Wildman–Crippen LogP) is 2.37. The number of nitrogens with two attached hydrogens (primary N) is 1. The van der Waals surface area contributed by atoms with Crippen molar-refractivity contribution in [1.29, 1.82) is 5.26 Å². The van der Waals surface area contributed by atoms with Crippen LogP contribution in [-0.2, 0) is 4.74 Å². The Morgan fingerprint density at radius 2 is 2.39 bits per heavy atom. The Morgan fingerprint density at radius 3 is 2.89 bits per heavy atom. The molecule has 1 aromatic heterocycles. The van der Waals surface area contributed by atoms with Gasteiger partial charge < -0.3 is 10.5 Å². The summed E-state index contributed by atoms with van der Waals surface area (Å²) in [6, 6.07) is 4.43. The SMILES string of the molecule is COCCN(CCC#N)C(CN)c1cc(Br)cs1. The molecule has 18 heavy (non-hydrogen) atoms. The van der Waals surface area contributed by atoms with Crippen molar-refractivity contribution < 1.29 is 4.74 Å². The molecule has 1 rings (SSSR count). The second kappa shape index (κ2) is 8.62. The Kier molecular flexibility index (Phi) is 7.47. The highest BCUT2D eigenvalue weighted by Gasteiger charge is 2.20. The average Bonchev–Trinajstić information content (AvgIpc) is 2.79. The summed E-state index contributed by atoms with van der Waals surface area (Å²) < 4.78 is 6.19. The summed E-state index contributed by atoms with van der Waals surface area (Å²) >= 11 is 5.14. The molecule has 0 bridgehead atoms. The van der Waals surface area contributed by atoms with E-state index in [4.69, 9.17) is 15.7 Å². The van der Waals surface area contributed by atoms with Crippen molar-refractivity contribution in [1.82, 2.24) is 4.90 Å². The van der Waals surface area contributed by atoms with Gasteiger partial charge in [-0.25, -0.2) is 0 Å². The van der Waals surface area contributed by atoms with Crippen LogP contribution in [0.5, 0.6) is 0 Å². The van der Waals surface area contributed by atoms with Gasteiger partial charge in [0, 0.05) is 47.9 Å². The van der Waals surface area contributed by atoms with Crippen LogP contribution in [0.4, 0.5) is 0 Å². The van der Waals surface area contributed by atoms with Gasteiger partial charge in [-0.15, -0.1) is 11.3 Å². The Morgan fingerprint density at radius 1 is 1.61 bits per heavy atom. The number of rotatable bonds is 8. The van der Waals surface area contributed by atoms with Gasteiger partial charge in [0.05, 0.1) is 18.7 Å². The molecule has 0 aliphatic rings. The molecule has 0 aliphatic carbocycles. The van der Waals surface area contributed by atoms with E-state index in [1.165, 1.54) is 4.88 Å². The first-order valence-corrected chi connectivity index (χ1v) is 7.44. The normalized spacial score (nSPS) is 12.6. The number of ether oxygens (including phenoxy) is 1. The van der Waals surface area contributed by atoms with E-state index >= 15 is 0 Å². The van der Waals surface area contributed by atoms with Crippen molar-refractivity contribution in [3.63, 3.8) is 0 Å². The predicted molar refractivity (Wildman–Crippen MR) is 77.5 cm³/mol. The fourth-order valence-corrected chi connectivity index (χ4v) is 3.37. The van der Waals surface area contributed by atoms with E-state index in [1.807, 2.05) is 0 Å². The van der Waals surface area contributed by atoms with Gasteiger partial charge in [-0.3, -0.25) is 4.90 Å². The highest BCUT2D eigenvalue weighted by atomic mass is 79.9. The number of halogens is 1. The van der Waals surface area contributed by atoms with Crippen LogP contribution in [0.2, 0.25) is 0 Å². The number of methoxy groups -OCH3 is 1. The zero-order valence-corrected chi connectivity index (χ0v) is 12.8. The number of nitrogens with zero attached hydrogens (tertiary/aromatic N) is 2. The van der Waals surface area contributed by atoms with Crippen molar-refractivity contribution in [3.05, 3.63) is 20.8 Å². The summed E-state index contributed by atoms with van der Waals surface area (Å²) in [5.41, 5.74) is 5.88. The lowest BCUT2D eigenvalue weighted by atomic mass is 10.2. The van der Waals surface area contributed by atoms with Gasteiger partial charge in [0.25, 0.3) is 0 Å². The van der Waals surface area contributed by atoms with Crippen LogP contribution in [0, 0.1) is 11.3 Å². The summed E-state index contributed by atoms with van der Waals surface area (Å²) in [4.78, 5) is 3.43. The van der Waals surface area contributed by atoms with E-state index < -0.39 is 0 Å². The van der Waals surface area contributed by atoms with Gasteiger partial charge in [-0.1, -0.05) is 0 Å². The first-order chi connectivity index (χ1) is 8.72. The first-order valence-electron chi connectivity index (χ1n) is 5.76. The van der Waals surface area contributed by atoms with E-state index in [2.05, 4.69) is 38.3 Å². The van der Waals surface area contributed by atoms with Crippen LogP contribution in [0.1, 0.15) is 17.3 Å². The first kappa shape index (κ1) is 15.6. The maximum Gasteiger partial charge on any atom is 0.0635 e. The van der Waals surface area contributed by atoms with E-state index in [9.17, 15) is 0 Å². The minimum atomic E-state index is 0.157. The Labute approximate surface area is 120 Å². The average molecular weight is 332 g/mol. The largest absolute Gasteiger partial charge is 0.383 e. The van der Waals surface area contributed by atoms with Crippen molar-refractivity contribution in [2.45, 2.75) is 12.5 Å². The third-order valence-electron chi connectivity index (χ3n) is 2.67. The number of hydrogen-bond donors (Lipinski definition) is 1. The van der Waals surface area contributed by atoms with Gasteiger partial charge >= 0.3 is 0 Å².